The van der Waals surface area contributed by atoms with Gasteiger partial charge in [0.15, 0.2) is 0 Å². The molecule has 0 saturated carbocycles. The summed E-state index contributed by atoms with van der Waals surface area (Å²) >= 11 is 8.12. The topological polar surface area (TPSA) is 52.0 Å². The first-order valence-electron chi connectivity index (χ1n) is 2.47. The van der Waals surface area contributed by atoms with E-state index in [1.165, 1.54) is 0 Å². The molecule has 0 aliphatic heterocycles. The van der Waals surface area contributed by atoms with Gasteiger partial charge in [-0.05, 0) is 0 Å². The van der Waals surface area contributed by atoms with Gasteiger partial charge in [0.25, 0.3) is 0 Å². The molecule has 0 rings (SSSR count). The minimum Gasteiger partial charge on any atom is -0.329 e. The second-order valence-electron chi connectivity index (χ2n) is 1.65. The summed E-state index contributed by atoms with van der Waals surface area (Å²) in [6, 6.07) is -0.0177. The van der Waals surface area contributed by atoms with Gasteiger partial charge in [0, 0.05) is 23.6 Å². The lowest BCUT2D eigenvalue weighted by Crippen LogP contribution is -2.39. The molecule has 0 amide bonds. The average molecular weight is 152 g/mol. The van der Waals surface area contributed by atoms with Crippen molar-refractivity contribution in [3.8, 4) is 0 Å². The summed E-state index contributed by atoms with van der Waals surface area (Å²) in [6.07, 6.45) is 0. The van der Waals surface area contributed by atoms with Crippen LogP contribution in [0.3, 0.4) is 0 Å². The number of hydrogen-bond donors (Lipinski definition) is 4. The van der Waals surface area contributed by atoms with Gasteiger partial charge < -0.3 is 11.5 Å². The summed E-state index contributed by atoms with van der Waals surface area (Å²) in [6.45, 7) is 0.481. The molecule has 2 unspecified atom stereocenters. The van der Waals surface area contributed by atoms with E-state index in [2.05, 4.69) is 25.3 Å². The van der Waals surface area contributed by atoms with E-state index in [-0.39, 0.29) is 11.3 Å². The Hall–Kier alpha value is 0.620. The van der Waals surface area contributed by atoms with E-state index in [1.54, 1.807) is 0 Å². The third-order valence-electron chi connectivity index (χ3n) is 0.953. The van der Waals surface area contributed by atoms with E-state index in [4.69, 9.17) is 11.5 Å². The van der Waals surface area contributed by atoms with Gasteiger partial charge in [0.2, 0.25) is 0 Å². The van der Waals surface area contributed by atoms with Crippen LogP contribution >= 0.6 is 25.3 Å². The van der Waals surface area contributed by atoms with Gasteiger partial charge in [0.1, 0.15) is 0 Å². The first-order valence-corrected chi connectivity index (χ1v) is 3.61. The summed E-state index contributed by atoms with van der Waals surface area (Å²) in [5, 5.41) is 0.128. The molecule has 0 aromatic rings. The van der Waals surface area contributed by atoms with Crippen LogP contribution in [0.1, 0.15) is 0 Å². The zero-order chi connectivity index (χ0) is 6.57. The Morgan fingerprint density at radius 3 is 2.12 bits per heavy atom. The van der Waals surface area contributed by atoms with E-state index < -0.39 is 0 Å². The first-order chi connectivity index (χ1) is 3.72. The Bertz CT molecular complexity index is 52.0. The zero-order valence-corrected chi connectivity index (χ0v) is 6.41. The number of thiol groups is 2. The molecule has 2 atom stereocenters. The Morgan fingerprint density at radius 2 is 2.00 bits per heavy atom. The van der Waals surface area contributed by atoms with E-state index in [0.29, 0.717) is 12.3 Å². The van der Waals surface area contributed by atoms with Crippen molar-refractivity contribution < 1.29 is 0 Å². The molecule has 0 fully saturated rings. The maximum absolute atomic E-state index is 5.48. The Kier molecular flexibility index (Phi) is 4.84. The molecule has 0 saturated heterocycles. The molecule has 4 heteroatoms. The molecule has 0 heterocycles. The van der Waals surface area contributed by atoms with E-state index in [0.717, 1.165) is 0 Å². The number of nitrogens with two attached hydrogens (primary N) is 2. The van der Waals surface area contributed by atoms with Crippen molar-refractivity contribution in [2.45, 2.75) is 11.3 Å². The van der Waals surface area contributed by atoms with Crippen LogP contribution in [-0.4, -0.2) is 23.6 Å². The predicted octanol–water partition coefficient (Wildman–Crippen LogP) is -0.499. The van der Waals surface area contributed by atoms with E-state index in [1.807, 2.05) is 0 Å². The average Bonchev–Trinajstić information content (AvgIpc) is 1.84. The van der Waals surface area contributed by atoms with Crippen LogP contribution in [0.15, 0.2) is 0 Å². The fourth-order valence-electron chi connectivity index (χ4n) is 0.292. The number of hydrogen-bond acceptors (Lipinski definition) is 4. The van der Waals surface area contributed by atoms with Gasteiger partial charge in [-0.3, -0.25) is 0 Å². The van der Waals surface area contributed by atoms with Crippen molar-refractivity contribution in [1.29, 1.82) is 0 Å². The molecule has 8 heavy (non-hydrogen) atoms. The highest BCUT2D eigenvalue weighted by molar-refractivity contribution is 7.84. The van der Waals surface area contributed by atoms with Gasteiger partial charge in [-0.2, -0.15) is 25.3 Å². The van der Waals surface area contributed by atoms with Crippen molar-refractivity contribution >= 4 is 25.3 Å². The van der Waals surface area contributed by atoms with Crippen LogP contribution in [0.25, 0.3) is 0 Å². The summed E-state index contributed by atoms with van der Waals surface area (Å²) in [5.74, 6) is 0.682. The van der Waals surface area contributed by atoms with Crippen LogP contribution < -0.4 is 11.5 Å². The quantitative estimate of drug-likeness (QED) is 0.412. The monoisotopic (exact) mass is 152 g/mol. The van der Waals surface area contributed by atoms with E-state index in [9.17, 15) is 0 Å². The van der Waals surface area contributed by atoms with Crippen LogP contribution in [0.4, 0.5) is 0 Å². The lowest BCUT2D eigenvalue weighted by atomic mass is 10.2. The van der Waals surface area contributed by atoms with Gasteiger partial charge in [-0.25, -0.2) is 0 Å². The molecule has 0 aliphatic carbocycles. The molecule has 0 bridgehead atoms. The fraction of sp³-hybridized carbons (Fsp3) is 1.00. The van der Waals surface area contributed by atoms with Crippen LogP contribution in [0.5, 0.6) is 0 Å². The zero-order valence-electron chi connectivity index (χ0n) is 4.62. The molecule has 2 nitrogen and oxygen atoms in total. The predicted molar refractivity (Wildman–Crippen MR) is 43.7 cm³/mol. The second-order valence-corrected chi connectivity index (χ2v) is 2.68. The molecule has 0 aliphatic rings. The van der Waals surface area contributed by atoms with Gasteiger partial charge in [0.05, 0.1) is 0 Å². The SMILES string of the molecule is NCC(N)C(S)CS. The lowest BCUT2D eigenvalue weighted by molar-refractivity contribution is 0.683. The highest BCUT2D eigenvalue weighted by Gasteiger charge is 2.07. The van der Waals surface area contributed by atoms with Crippen LogP contribution in [0, 0.1) is 0 Å². The Labute approximate surface area is 60.8 Å². The summed E-state index contributed by atoms with van der Waals surface area (Å²) in [4.78, 5) is 0. The second kappa shape index (κ2) is 4.49. The molecule has 0 radical (unpaired) electrons. The van der Waals surface area contributed by atoms with Crippen molar-refractivity contribution in [2.75, 3.05) is 12.3 Å². The number of rotatable bonds is 3. The summed E-state index contributed by atoms with van der Waals surface area (Å²) in [5.41, 5.74) is 10.7. The molecule has 4 N–H and O–H groups in total. The van der Waals surface area contributed by atoms with Gasteiger partial charge in [-0.15, -0.1) is 0 Å². The van der Waals surface area contributed by atoms with Gasteiger partial charge in [-0.1, -0.05) is 0 Å². The molecular weight excluding hydrogens is 140 g/mol. The Balaban J connectivity index is 3.29. The maximum Gasteiger partial charge on any atom is 0.0289 e. The summed E-state index contributed by atoms with van der Waals surface area (Å²) in [7, 11) is 0. The minimum atomic E-state index is -0.0177. The third kappa shape index (κ3) is 2.81. The van der Waals surface area contributed by atoms with Crippen molar-refractivity contribution in [1.82, 2.24) is 0 Å². The van der Waals surface area contributed by atoms with Crippen LogP contribution in [-0.2, 0) is 0 Å². The highest BCUT2D eigenvalue weighted by Crippen LogP contribution is 1.99. The smallest absolute Gasteiger partial charge is 0.0289 e. The Morgan fingerprint density at radius 1 is 1.50 bits per heavy atom. The van der Waals surface area contributed by atoms with Crippen molar-refractivity contribution in [3.05, 3.63) is 0 Å². The maximum atomic E-state index is 5.48. The lowest BCUT2D eigenvalue weighted by Gasteiger charge is -2.13. The van der Waals surface area contributed by atoms with E-state index >= 15 is 0 Å². The fourth-order valence-corrected chi connectivity index (χ4v) is 0.685. The molecule has 0 aromatic heterocycles. The molecule has 0 spiro atoms. The third-order valence-corrected chi connectivity index (χ3v) is 2.20. The van der Waals surface area contributed by atoms with Crippen LogP contribution in [0.2, 0.25) is 0 Å². The normalized spacial score (nSPS) is 18.0. The van der Waals surface area contributed by atoms with Crippen molar-refractivity contribution in [2.24, 2.45) is 11.5 Å². The standard InChI is InChI=1S/C4H12N2S2/c5-1-3(6)4(8)2-7/h3-4,7-8H,1-2,5-6H2. The largest absolute Gasteiger partial charge is 0.329 e. The molecule has 0 aromatic carbocycles. The van der Waals surface area contributed by atoms with Crippen molar-refractivity contribution in [3.63, 3.8) is 0 Å². The first kappa shape index (κ1) is 8.62. The molecular formula is C4H12N2S2. The summed E-state index contributed by atoms with van der Waals surface area (Å²) < 4.78 is 0. The highest BCUT2D eigenvalue weighted by atomic mass is 32.1. The minimum absolute atomic E-state index is 0.0177. The molecule has 50 valence electrons. The van der Waals surface area contributed by atoms with Gasteiger partial charge >= 0.3 is 0 Å².